The highest BCUT2D eigenvalue weighted by Crippen LogP contribution is 2.22. The number of β-amino-alcohol motifs (C(OH)–C–C–N with tert-alkyl or cyclic N) is 1. The van der Waals surface area contributed by atoms with Crippen LogP contribution in [-0.4, -0.2) is 86.3 Å². The lowest BCUT2D eigenvalue weighted by atomic mass is 10.2. The number of aromatic nitrogens is 4. The number of hydrogen-bond donors (Lipinski definition) is 3. The number of rotatable bonds is 8. The predicted octanol–water partition coefficient (Wildman–Crippen LogP) is -0.714. The van der Waals surface area contributed by atoms with Crippen molar-refractivity contribution in [3.8, 4) is 5.75 Å². The molecule has 11 heteroatoms. The van der Waals surface area contributed by atoms with Crippen molar-refractivity contribution in [2.75, 3.05) is 50.8 Å². The lowest BCUT2D eigenvalue weighted by molar-refractivity contribution is 0.0934. The number of imidazole rings is 1. The molecule has 1 saturated heterocycles. The number of aryl methyl sites for hydroxylation is 2. The maximum absolute atomic E-state index is 12.7. The first kappa shape index (κ1) is 23.0. The van der Waals surface area contributed by atoms with E-state index in [9.17, 15) is 19.8 Å². The molecule has 1 aliphatic rings. The van der Waals surface area contributed by atoms with E-state index in [1.807, 2.05) is 36.1 Å². The van der Waals surface area contributed by atoms with Gasteiger partial charge in [-0.15, -0.1) is 0 Å². The quantitative estimate of drug-likeness (QED) is 0.404. The molecule has 11 nitrogen and oxygen atoms in total. The van der Waals surface area contributed by atoms with Crippen LogP contribution in [0.4, 0.5) is 5.95 Å². The summed E-state index contributed by atoms with van der Waals surface area (Å²) in [5.74, 6) is 1.18. The Hall–Kier alpha value is -3.15. The Morgan fingerprint density at radius 3 is 2.67 bits per heavy atom. The van der Waals surface area contributed by atoms with Crippen molar-refractivity contribution < 1.29 is 14.9 Å². The van der Waals surface area contributed by atoms with Crippen molar-refractivity contribution in [2.45, 2.75) is 19.6 Å². The van der Waals surface area contributed by atoms with Crippen LogP contribution in [0, 0.1) is 6.92 Å². The molecule has 0 amide bonds. The fourth-order valence-electron chi connectivity index (χ4n) is 4.11. The highest BCUT2D eigenvalue weighted by Gasteiger charge is 2.26. The summed E-state index contributed by atoms with van der Waals surface area (Å²) in [7, 11) is 1.55. The summed E-state index contributed by atoms with van der Waals surface area (Å²) >= 11 is 0. The van der Waals surface area contributed by atoms with Crippen molar-refractivity contribution in [1.82, 2.24) is 24.0 Å². The molecule has 4 rings (SSSR count). The van der Waals surface area contributed by atoms with E-state index in [1.165, 1.54) is 4.57 Å². The van der Waals surface area contributed by atoms with E-state index in [1.54, 1.807) is 11.6 Å². The number of nitrogens with one attached hydrogen (secondary N) is 1. The molecule has 0 radical (unpaired) electrons. The van der Waals surface area contributed by atoms with E-state index in [0.29, 0.717) is 31.3 Å². The van der Waals surface area contributed by atoms with Crippen LogP contribution >= 0.6 is 0 Å². The summed E-state index contributed by atoms with van der Waals surface area (Å²) in [5, 5.41) is 19.9. The molecule has 0 spiro atoms. The molecule has 1 aromatic carbocycles. The normalized spacial score (nSPS) is 15.8. The van der Waals surface area contributed by atoms with Gasteiger partial charge in [-0.3, -0.25) is 19.2 Å². The smallest absolute Gasteiger partial charge is 0.329 e. The first-order valence-corrected chi connectivity index (χ1v) is 11.0. The van der Waals surface area contributed by atoms with Gasteiger partial charge in [0.15, 0.2) is 11.2 Å². The van der Waals surface area contributed by atoms with Crippen LogP contribution in [0.25, 0.3) is 11.2 Å². The summed E-state index contributed by atoms with van der Waals surface area (Å²) in [5.41, 5.74) is 0.470. The molecular weight excluding hydrogens is 428 g/mol. The Kier molecular flexibility index (Phi) is 6.82. The van der Waals surface area contributed by atoms with Crippen molar-refractivity contribution >= 4 is 17.1 Å². The molecule has 3 aromatic rings. The zero-order chi connectivity index (χ0) is 23.5. The molecule has 1 unspecified atom stereocenters. The van der Waals surface area contributed by atoms with E-state index in [0.717, 1.165) is 18.7 Å². The second kappa shape index (κ2) is 9.77. The summed E-state index contributed by atoms with van der Waals surface area (Å²) in [6.07, 6.45) is -0.908. The predicted molar refractivity (Wildman–Crippen MR) is 124 cm³/mol. The lowest BCUT2D eigenvalue weighted by Crippen LogP contribution is -2.48. The molecule has 1 aliphatic heterocycles. The zero-order valence-electron chi connectivity index (χ0n) is 18.9. The lowest BCUT2D eigenvalue weighted by Gasteiger charge is -2.35. The molecule has 2 aromatic heterocycles. The summed E-state index contributed by atoms with van der Waals surface area (Å²) < 4.78 is 8.71. The third-order valence-electron chi connectivity index (χ3n) is 5.88. The number of piperazine rings is 1. The average molecular weight is 459 g/mol. The van der Waals surface area contributed by atoms with Gasteiger partial charge in [-0.2, -0.15) is 4.98 Å². The molecule has 0 bridgehead atoms. The topological polar surface area (TPSA) is 129 Å². The summed E-state index contributed by atoms with van der Waals surface area (Å²) in [4.78, 5) is 36.0. The number of hydrogen-bond acceptors (Lipinski definition) is 8. The molecule has 0 saturated carbocycles. The number of aliphatic hydroxyl groups is 2. The Labute approximate surface area is 190 Å². The third-order valence-corrected chi connectivity index (χ3v) is 5.88. The molecule has 0 aliphatic carbocycles. The SMILES string of the molecule is Cc1cccc(OCC(O)Cn2c(N3CCN(CCO)CC3)nc3c2c(=O)[nH]c(=O)n3C)c1. The Balaban J connectivity index is 1.62. The van der Waals surface area contributed by atoms with Crippen molar-refractivity contribution in [2.24, 2.45) is 7.05 Å². The minimum atomic E-state index is -0.908. The number of anilines is 1. The van der Waals surface area contributed by atoms with Crippen LogP contribution in [0.1, 0.15) is 5.56 Å². The summed E-state index contributed by atoms with van der Waals surface area (Å²) in [6.45, 7) is 5.54. The number of aromatic amines is 1. The van der Waals surface area contributed by atoms with E-state index < -0.39 is 17.4 Å². The Morgan fingerprint density at radius 2 is 1.97 bits per heavy atom. The van der Waals surface area contributed by atoms with Gasteiger partial charge in [-0.1, -0.05) is 12.1 Å². The monoisotopic (exact) mass is 458 g/mol. The van der Waals surface area contributed by atoms with Gasteiger partial charge >= 0.3 is 5.69 Å². The number of aliphatic hydroxyl groups excluding tert-OH is 2. The fraction of sp³-hybridized carbons (Fsp3) is 0.500. The molecule has 178 valence electrons. The Morgan fingerprint density at radius 1 is 1.21 bits per heavy atom. The van der Waals surface area contributed by atoms with Gasteiger partial charge in [0.2, 0.25) is 5.95 Å². The third kappa shape index (κ3) is 4.95. The highest BCUT2D eigenvalue weighted by atomic mass is 16.5. The maximum atomic E-state index is 12.7. The van der Waals surface area contributed by atoms with Crippen molar-refractivity contribution in [1.29, 1.82) is 0 Å². The van der Waals surface area contributed by atoms with Gasteiger partial charge in [0.25, 0.3) is 5.56 Å². The second-order valence-electron chi connectivity index (χ2n) is 8.35. The zero-order valence-corrected chi connectivity index (χ0v) is 18.9. The van der Waals surface area contributed by atoms with Crippen LogP contribution in [0.15, 0.2) is 33.9 Å². The first-order chi connectivity index (χ1) is 15.9. The highest BCUT2D eigenvalue weighted by molar-refractivity contribution is 5.74. The van der Waals surface area contributed by atoms with Gasteiger partial charge in [-0.25, -0.2) is 4.79 Å². The van der Waals surface area contributed by atoms with Crippen LogP contribution in [0.5, 0.6) is 5.75 Å². The van der Waals surface area contributed by atoms with Gasteiger partial charge in [0.1, 0.15) is 18.5 Å². The average Bonchev–Trinajstić information content (AvgIpc) is 3.17. The molecule has 1 atom stereocenters. The maximum Gasteiger partial charge on any atom is 0.329 e. The van der Waals surface area contributed by atoms with Gasteiger partial charge in [-0.05, 0) is 24.6 Å². The molecule has 33 heavy (non-hydrogen) atoms. The van der Waals surface area contributed by atoms with Crippen LogP contribution < -0.4 is 20.9 Å². The van der Waals surface area contributed by atoms with Crippen molar-refractivity contribution in [3.05, 3.63) is 50.7 Å². The largest absolute Gasteiger partial charge is 0.491 e. The Bertz CT molecular complexity index is 1220. The first-order valence-electron chi connectivity index (χ1n) is 11.0. The summed E-state index contributed by atoms with van der Waals surface area (Å²) in [6, 6.07) is 7.56. The van der Waals surface area contributed by atoms with Gasteiger partial charge < -0.3 is 24.4 Å². The van der Waals surface area contributed by atoms with Crippen LogP contribution in [0.2, 0.25) is 0 Å². The molecule has 3 heterocycles. The number of H-pyrrole nitrogens is 1. The van der Waals surface area contributed by atoms with Gasteiger partial charge in [0.05, 0.1) is 13.2 Å². The molecular formula is C22H30N6O5. The number of fused-ring (bicyclic) bond motifs is 1. The number of nitrogens with zero attached hydrogens (tertiary/aromatic N) is 5. The van der Waals surface area contributed by atoms with Gasteiger partial charge in [0, 0.05) is 39.8 Å². The van der Waals surface area contributed by atoms with Crippen LogP contribution in [0.3, 0.4) is 0 Å². The number of ether oxygens (including phenoxy) is 1. The van der Waals surface area contributed by atoms with E-state index in [4.69, 9.17) is 4.74 Å². The minimum Gasteiger partial charge on any atom is -0.491 e. The van der Waals surface area contributed by atoms with E-state index in [-0.39, 0.29) is 30.9 Å². The van der Waals surface area contributed by atoms with Crippen molar-refractivity contribution in [3.63, 3.8) is 0 Å². The fourth-order valence-corrected chi connectivity index (χ4v) is 4.11. The molecule has 3 N–H and O–H groups in total. The number of benzene rings is 1. The minimum absolute atomic E-state index is 0.0382. The van der Waals surface area contributed by atoms with Crippen LogP contribution in [-0.2, 0) is 13.6 Å². The van der Waals surface area contributed by atoms with E-state index in [2.05, 4.69) is 14.9 Å². The van der Waals surface area contributed by atoms with E-state index >= 15 is 0 Å². The molecule has 1 fully saturated rings. The standard InChI is InChI=1S/C22H30N6O5/c1-15-4-3-5-17(12-15)33-14-16(30)13-28-18-19(25(2)22(32)24-20(18)31)23-21(28)27-8-6-26(7-9-27)10-11-29/h3-5,12,16,29-30H,6-11,13-14H2,1-2H3,(H,24,31,32). The second-order valence-corrected chi connectivity index (χ2v) is 8.35.